The highest BCUT2D eigenvalue weighted by atomic mass is 79.9. The molecule has 88 valence electrons. The monoisotopic (exact) mass is 288 g/mol. The smallest absolute Gasteiger partial charge is 0.310 e. The van der Waals surface area contributed by atoms with Crippen LogP contribution in [0.25, 0.3) is 0 Å². The number of halogens is 2. The van der Waals surface area contributed by atoms with Crippen LogP contribution in [0.3, 0.4) is 0 Å². The molecule has 4 heteroatoms. The Morgan fingerprint density at radius 3 is 2.75 bits per heavy atom. The number of carbonyl (C=O) groups excluding carboxylic acids is 1. The van der Waals surface area contributed by atoms with Gasteiger partial charge in [0.2, 0.25) is 0 Å². The Hall–Kier alpha value is -0.900. The van der Waals surface area contributed by atoms with Crippen molar-refractivity contribution in [1.82, 2.24) is 0 Å². The number of rotatable bonds is 4. The second kappa shape index (κ2) is 5.99. The van der Waals surface area contributed by atoms with E-state index in [0.29, 0.717) is 23.1 Å². The van der Waals surface area contributed by atoms with E-state index in [2.05, 4.69) is 15.9 Å². The van der Waals surface area contributed by atoms with Gasteiger partial charge in [-0.25, -0.2) is 4.39 Å². The summed E-state index contributed by atoms with van der Waals surface area (Å²) in [7, 11) is 0. The summed E-state index contributed by atoms with van der Waals surface area (Å²) in [6.07, 6.45) is 0.122. The third kappa shape index (κ3) is 3.30. The van der Waals surface area contributed by atoms with Gasteiger partial charge in [0.25, 0.3) is 0 Å². The van der Waals surface area contributed by atoms with Crippen molar-refractivity contribution in [2.24, 2.45) is 0 Å². The van der Waals surface area contributed by atoms with Crippen molar-refractivity contribution in [2.75, 3.05) is 6.61 Å². The third-order valence-electron chi connectivity index (χ3n) is 2.31. The SMILES string of the molecule is CCOC(=O)Cc1cc(CBr)cc(F)c1C. The van der Waals surface area contributed by atoms with E-state index in [-0.39, 0.29) is 18.2 Å². The molecule has 0 bridgehead atoms. The van der Waals surface area contributed by atoms with Crippen LogP contribution < -0.4 is 0 Å². The van der Waals surface area contributed by atoms with Crippen LogP contribution in [0.2, 0.25) is 0 Å². The highest BCUT2D eigenvalue weighted by molar-refractivity contribution is 9.08. The first kappa shape index (κ1) is 13.2. The molecule has 16 heavy (non-hydrogen) atoms. The molecule has 0 aromatic heterocycles. The van der Waals surface area contributed by atoms with Crippen LogP contribution in [0.1, 0.15) is 23.6 Å². The van der Waals surface area contributed by atoms with Crippen molar-refractivity contribution in [3.05, 3.63) is 34.6 Å². The number of hydrogen-bond acceptors (Lipinski definition) is 2. The van der Waals surface area contributed by atoms with E-state index in [1.807, 2.05) is 6.07 Å². The first-order valence-electron chi connectivity index (χ1n) is 5.08. The summed E-state index contributed by atoms with van der Waals surface area (Å²) in [5.74, 6) is -0.604. The van der Waals surface area contributed by atoms with Crippen molar-refractivity contribution in [1.29, 1.82) is 0 Å². The molecule has 0 unspecified atom stereocenters. The molecule has 0 aliphatic rings. The molecule has 0 atom stereocenters. The Morgan fingerprint density at radius 1 is 1.50 bits per heavy atom. The van der Waals surface area contributed by atoms with Crippen LogP contribution in [0.5, 0.6) is 0 Å². The fourth-order valence-electron chi connectivity index (χ4n) is 1.43. The molecule has 0 amide bonds. The van der Waals surface area contributed by atoms with Gasteiger partial charge in [-0.3, -0.25) is 4.79 Å². The van der Waals surface area contributed by atoms with Gasteiger partial charge in [-0.1, -0.05) is 22.0 Å². The molecular weight excluding hydrogens is 275 g/mol. The van der Waals surface area contributed by atoms with Crippen LogP contribution >= 0.6 is 15.9 Å². The average Bonchev–Trinajstić information content (AvgIpc) is 2.24. The second-order valence-corrected chi connectivity index (χ2v) is 4.04. The predicted molar refractivity (Wildman–Crippen MR) is 64.1 cm³/mol. The van der Waals surface area contributed by atoms with Gasteiger partial charge >= 0.3 is 5.97 Å². The lowest BCUT2D eigenvalue weighted by atomic mass is 10.0. The van der Waals surface area contributed by atoms with E-state index in [9.17, 15) is 9.18 Å². The molecule has 0 heterocycles. The van der Waals surface area contributed by atoms with E-state index >= 15 is 0 Å². The molecule has 0 saturated carbocycles. The Labute approximate surface area is 103 Å². The minimum atomic E-state index is -0.322. The first-order valence-corrected chi connectivity index (χ1v) is 6.20. The van der Waals surface area contributed by atoms with Gasteiger partial charge in [-0.2, -0.15) is 0 Å². The largest absolute Gasteiger partial charge is 0.466 e. The van der Waals surface area contributed by atoms with Crippen molar-refractivity contribution < 1.29 is 13.9 Å². The molecule has 0 aliphatic carbocycles. The van der Waals surface area contributed by atoms with E-state index in [1.165, 1.54) is 6.07 Å². The molecule has 0 N–H and O–H groups in total. The summed E-state index contributed by atoms with van der Waals surface area (Å²) >= 11 is 3.26. The summed E-state index contributed by atoms with van der Waals surface area (Å²) < 4.78 is 18.3. The highest BCUT2D eigenvalue weighted by Gasteiger charge is 2.11. The number of ether oxygens (including phenoxy) is 1. The predicted octanol–water partition coefficient (Wildman–Crippen LogP) is 3.13. The Bertz CT molecular complexity index is 391. The summed E-state index contributed by atoms with van der Waals surface area (Å²) in [4.78, 5) is 11.3. The molecule has 1 aromatic rings. The number of carbonyl (C=O) groups is 1. The zero-order chi connectivity index (χ0) is 12.1. The highest BCUT2D eigenvalue weighted by Crippen LogP contribution is 2.18. The summed E-state index contributed by atoms with van der Waals surface area (Å²) in [6, 6.07) is 3.29. The molecular formula is C12H14BrFO2. The second-order valence-electron chi connectivity index (χ2n) is 3.48. The Kier molecular flexibility index (Phi) is 4.93. The Morgan fingerprint density at radius 2 is 2.19 bits per heavy atom. The Balaban J connectivity index is 2.94. The van der Waals surface area contributed by atoms with E-state index < -0.39 is 0 Å². The van der Waals surface area contributed by atoms with E-state index in [1.54, 1.807) is 13.8 Å². The molecule has 1 aromatic carbocycles. The van der Waals surface area contributed by atoms with Crippen molar-refractivity contribution in [3.63, 3.8) is 0 Å². The maximum Gasteiger partial charge on any atom is 0.310 e. The molecule has 0 fully saturated rings. The van der Waals surface area contributed by atoms with Crippen LogP contribution in [0, 0.1) is 12.7 Å². The molecule has 1 rings (SSSR count). The standard InChI is InChI=1S/C12H14BrFO2/c1-3-16-12(15)6-10-4-9(7-13)5-11(14)8(10)2/h4-5H,3,6-7H2,1-2H3. The third-order valence-corrected chi connectivity index (χ3v) is 2.95. The van der Waals surface area contributed by atoms with Gasteiger partial charge in [0.1, 0.15) is 5.82 Å². The van der Waals surface area contributed by atoms with Gasteiger partial charge in [0.15, 0.2) is 0 Å². The average molecular weight is 289 g/mol. The topological polar surface area (TPSA) is 26.3 Å². The van der Waals surface area contributed by atoms with Crippen molar-refractivity contribution in [3.8, 4) is 0 Å². The number of hydrogen-bond donors (Lipinski definition) is 0. The quantitative estimate of drug-likeness (QED) is 0.629. The van der Waals surface area contributed by atoms with Crippen LogP contribution in [0.4, 0.5) is 4.39 Å². The fourth-order valence-corrected chi connectivity index (χ4v) is 1.75. The van der Waals surface area contributed by atoms with Gasteiger partial charge < -0.3 is 4.74 Å². The minimum absolute atomic E-state index is 0.122. The molecule has 2 nitrogen and oxygen atoms in total. The lowest BCUT2D eigenvalue weighted by molar-refractivity contribution is -0.142. The van der Waals surface area contributed by atoms with Gasteiger partial charge in [-0.05, 0) is 36.6 Å². The summed E-state index contributed by atoms with van der Waals surface area (Å²) in [5, 5.41) is 0.569. The van der Waals surface area contributed by atoms with Crippen LogP contribution in [-0.4, -0.2) is 12.6 Å². The van der Waals surface area contributed by atoms with Gasteiger partial charge in [0.05, 0.1) is 13.0 Å². The maximum absolute atomic E-state index is 13.5. The van der Waals surface area contributed by atoms with Crippen molar-refractivity contribution >= 4 is 21.9 Å². The molecule has 0 saturated heterocycles. The van der Waals surface area contributed by atoms with Gasteiger partial charge in [0, 0.05) is 5.33 Å². The number of alkyl halides is 1. The van der Waals surface area contributed by atoms with Crippen LogP contribution in [0.15, 0.2) is 12.1 Å². The summed E-state index contributed by atoms with van der Waals surface area (Å²) in [5.41, 5.74) is 2.02. The molecule has 0 radical (unpaired) electrons. The fraction of sp³-hybridized carbons (Fsp3) is 0.417. The minimum Gasteiger partial charge on any atom is -0.466 e. The summed E-state index contributed by atoms with van der Waals surface area (Å²) in [6.45, 7) is 3.76. The lowest BCUT2D eigenvalue weighted by Gasteiger charge is -2.08. The van der Waals surface area contributed by atoms with E-state index in [0.717, 1.165) is 5.56 Å². The maximum atomic E-state index is 13.5. The van der Waals surface area contributed by atoms with E-state index in [4.69, 9.17) is 4.74 Å². The van der Waals surface area contributed by atoms with Crippen molar-refractivity contribution in [2.45, 2.75) is 25.6 Å². The molecule has 0 aliphatic heterocycles. The first-order chi connectivity index (χ1) is 7.58. The zero-order valence-corrected chi connectivity index (χ0v) is 10.9. The number of benzene rings is 1. The number of esters is 1. The van der Waals surface area contributed by atoms with Crippen LogP contribution in [-0.2, 0) is 21.3 Å². The molecule has 0 spiro atoms. The normalized spacial score (nSPS) is 10.2. The zero-order valence-electron chi connectivity index (χ0n) is 9.35. The lowest BCUT2D eigenvalue weighted by Crippen LogP contribution is -2.09. The van der Waals surface area contributed by atoms with Gasteiger partial charge in [-0.15, -0.1) is 0 Å².